The maximum Gasteiger partial charge on any atom is 0.254 e. The molecular formula is C18H18ClNO3. The van der Waals surface area contributed by atoms with Crippen molar-refractivity contribution in [2.24, 2.45) is 0 Å². The maximum absolute atomic E-state index is 12.7. The highest BCUT2D eigenvalue weighted by atomic mass is 35.5. The van der Waals surface area contributed by atoms with Crippen LogP contribution in [0.15, 0.2) is 48.5 Å². The fourth-order valence-corrected chi connectivity index (χ4v) is 2.78. The molecule has 1 unspecified atom stereocenters. The molecule has 120 valence electrons. The number of hydrogen-bond donors (Lipinski definition) is 0. The summed E-state index contributed by atoms with van der Waals surface area (Å²) in [6, 6.07) is 14.8. The summed E-state index contributed by atoms with van der Waals surface area (Å²) in [6.07, 6.45) is -0.129. The Morgan fingerprint density at radius 3 is 2.78 bits per heavy atom. The van der Waals surface area contributed by atoms with Gasteiger partial charge in [0.15, 0.2) is 0 Å². The van der Waals surface area contributed by atoms with Crippen LogP contribution >= 0.6 is 11.6 Å². The van der Waals surface area contributed by atoms with Gasteiger partial charge in [-0.3, -0.25) is 4.79 Å². The van der Waals surface area contributed by atoms with Crippen molar-refractivity contribution in [3.8, 4) is 5.75 Å². The van der Waals surface area contributed by atoms with Gasteiger partial charge in [-0.1, -0.05) is 29.8 Å². The van der Waals surface area contributed by atoms with E-state index in [-0.39, 0.29) is 12.0 Å². The van der Waals surface area contributed by atoms with E-state index in [1.165, 1.54) is 0 Å². The highest BCUT2D eigenvalue weighted by Crippen LogP contribution is 2.25. The summed E-state index contributed by atoms with van der Waals surface area (Å²) in [6.45, 7) is 1.63. The van der Waals surface area contributed by atoms with Crippen molar-refractivity contribution in [2.45, 2.75) is 6.10 Å². The van der Waals surface area contributed by atoms with E-state index in [1.54, 1.807) is 19.2 Å². The Balaban J connectivity index is 1.75. The van der Waals surface area contributed by atoms with Gasteiger partial charge in [0.25, 0.3) is 5.91 Å². The number of carbonyl (C=O) groups excluding carboxylic acids is 1. The van der Waals surface area contributed by atoms with Crippen molar-refractivity contribution in [2.75, 3.05) is 26.8 Å². The summed E-state index contributed by atoms with van der Waals surface area (Å²) in [7, 11) is 1.59. The Bertz CT molecular complexity index is 687. The quantitative estimate of drug-likeness (QED) is 0.863. The van der Waals surface area contributed by atoms with Crippen molar-refractivity contribution < 1.29 is 14.3 Å². The van der Waals surface area contributed by atoms with Gasteiger partial charge in [0.2, 0.25) is 0 Å². The van der Waals surface area contributed by atoms with E-state index >= 15 is 0 Å². The predicted molar refractivity (Wildman–Crippen MR) is 89.0 cm³/mol. The molecule has 2 aromatic carbocycles. The number of methoxy groups -OCH3 is 1. The van der Waals surface area contributed by atoms with E-state index in [9.17, 15) is 4.79 Å². The summed E-state index contributed by atoms with van der Waals surface area (Å²) >= 11 is 5.92. The second-order valence-electron chi connectivity index (χ2n) is 5.39. The average molecular weight is 332 g/mol. The van der Waals surface area contributed by atoms with E-state index in [4.69, 9.17) is 21.1 Å². The van der Waals surface area contributed by atoms with E-state index in [0.29, 0.717) is 36.0 Å². The van der Waals surface area contributed by atoms with Crippen LogP contribution in [0.4, 0.5) is 0 Å². The second kappa shape index (κ2) is 7.02. The molecule has 0 bridgehead atoms. The van der Waals surface area contributed by atoms with Crippen LogP contribution in [0.5, 0.6) is 5.75 Å². The molecule has 0 spiro atoms. The monoisotopic (exact) mass is 331 g/mol. The van der Waals surface area contributed by atoms with Gasteiger partial charge in [0.1, 0.15) is 11.9 Å². The highest BCUT2D eigenvalue weighted by Gasteiger charge is 2.26. The first-order valence-corrected chi connectivity index (χ1v) is 7.85. The molecule has 1 amide bonds. The molecule has 2 aromatic rings. The van der Waals surface area contributed by atoms with Gasteiger partial charge in [-0.05, 0) is 35.9 Å². The molecule has 0 saturated carbocycles. The Morgan fingerprint density at radius 2 is 2.04 bits per heavy atom. The first-order valence-electron chi connectivity index (χ1n) is 7.48. The number of hydrogen-bond acceptors (Lipinski definition) is 3. The smallest absolute Gasteiger partial charge is 0.254 e. The van der Waals surface area contributed by atoms with Crippen LogP contribution in [0.2, 0.25) is 5.02 Å². The summed E-state index contributed by atoms with van der Waals surface area (Å²) < 4.78 is 11.0. The minimum absolute atomic E-state index is 0.00818. The fraction of sp³-hybridized carbons (Fsp3) is 0.278. The van der Waals surface area contributed by atoms with Crippen LogP contribution in [0.25, 0.3) is 0 Å². The molecule has 0 aromatic heterocycles. The van der Waals surface area contributed by atoms with Crippen molar-refractivity contribution in [3.63, 3.8) is 0 Å². The van der Waals surface area contributed by atoms with Crippen molar-refractivity contribution in [1.29, 1.82) is 0 Å². The van der Waals surface area contributed by atoms with Crippen LogP contribution in [0.3, 0.4) is 0 Å². The van der Waals surface area contributed by atoms with Crippen LogP contribution in [0.1, 0.15) is 22.0 Å². The minimum Gasteiger partial charge on any atom is -0.497 e. The van der Waals surface area contributed by atoms with Gasteiger partial charge < -0.3 is 14.4 Å². The molecule has 1 atom stereocenters. The van der Waals surface area contributed by atoms with Crippen molar-refractivity contribution >= 4 is 17.5 Å². The molecule has 23 heavy (non-hydrogen) atoms. The lowest BCUT2D eigenvalue weighted by atomic mass is 10.1. The number of amides is 1. The zero-order valence-electron chi connectivity index (χ0n) is 12.9. The van der Waals surface area contributed by atoms with Crippen LogP contribution in [-0.2, 0) is 4.74 Å². The Hall–Kier alpha value is -2.04. The maximum atomic E-state index is 12.7. The molecule has 1 aliphatic heterocycles. The molecule has 1 heterocycles. The SMILES string of the molecule is COc1cccc(C(=O)N2CCOC(c3ccc(Cl)cc3)C2)c1. The van der Waals surface area contributed by atoms with Gasteiger partial charge >= 0.3 is 0 Å². The third kappa shape index (κ3) is 3.66. The molecule has 0 N–H and O–H groups in total. The summed E-state index contributed by atoms with van der Waals surface area (Å²) in [5, 5.41) is 0.689. The number of rotatable bonds is 3. The average Bonchev–Trinajstić information content (AvgIpc) is 2.62. The lowest BCUT2D eigenvalue weighted by Gasteiger charge is -2.33. The molecule has 0 aliphatic carbocycles. The zero-order chi connectivity index (χ0) is 16.2. The molecule has 5 heteroatoms. The zero-order valence-corrected chi connectivity index (χ0v) is 13.6. The number of carbonyl (C=O) groups is 1. The number of ether oxygens (including phenoxy) is 2. The van der Waals surface area contributed by atoms with Gasteiger partial charge in [-0.2, -0.15) is 0 Å². The summed E-state index contributed by atoms with van der Waals surface area (Å²) in [5.41, 5.74) is 1.65. The summed E-state index contributed by atoms with van der Waals surface area (Å²) in [4.78, 5) is 14.5. The van der Waals surface area contributed by atoms with Crippen LogP contribution in [0, 0.1) is 0 Å². The van der Waals surface area contributed by atoms with Gasteiger partial charge in [0.05, 0.1) is 20.3 Å². The van der Waals surface area contributed by atoms with Crippen LogP contribution in [-0.4, -0.2) is 37.6 Å². The largest absolute Gasteiger partial charge is 0.497 e. The third-order valence-electron chi connectivity index (χ3n) is 3.91. The topological polar surface area (TPSA) is 38.8 Å². The molecule has 4 nitrogen and oxygen atoms in total. The molecule has 0 radical (unpaired) electrons. The second-order valence-corrected chi connectivity index (χ2v) is 5.83. The van der Waals surface area contributed by atoms with Gasteiger partial charge in [-0.25, -0.2) is 0 Å². The number of benzene rings is 2. The number of nitrogens with zero attached hydrogens (tertiary/aromatic N) is 1. The van der Waals surface area contributed by atoms with Crippen molar-refractivity contribution in [3.05, 3.63) is 64.7 Å². The molecule has 1 aliphatic rings. The fourth-order valence-electron chi connectivity index (χ4n) is 2.65. The predicted octanol–water partition coefficient (Wildman–Crippen LogP) is 3.56. The molecular weight excluding hydrogens is 314 g/mol. The van der Waals surface area contributed by atoms with Crippen molar-refractivity contribution in [1.82, 2.24) is 4.90 Å². The van der Waals surface area contributed by atoms with E-state index in [0.717, 1.165) is 5.56 Å². The first-order chi connectivity index (χ1) is 11.2. The lowest BCUT2D eigenvalue weighted by molar-refractivity contribution is -0.0228. The lowest BCUT2D eigenvalue weighted by Crippen LogP contribution is -2.42. The van der Waals surface area contributed by atoms with Gasteiger partial charge in [-0.15, -0.1) is 0 Å². The summed E-state index contributed by atoms with van der Waals surface area (Å²) in [5.74, 6) is 0.671. The van der Waals surface area contributed by atoms with Crippen LogP contribution < -0.4 is 4.74 Å². The molecule has 3 rings (SSSR count). The molecule has 1 saturated heterocycles. The Morgan fingerprint density at radius 1 is 1.26 bits per heavy atom. The number of halogens is 1. The Kier molecular flexibility index (Phi) is 4.84. The highest BCUT2D eigenvalue weighted by molar-refractivity contribution is 6.30. The standard InChI is InChI=1S/C18H18ClNO3/c1-22-16-4-2-3-14(11-16)18(21)20-9-10-23-17(12-20)13-5-7-15(19)8-6-13/h2-8,11,17H,9-10,12H2,1H3. The van der Waals surface area contributed by atoms with E-state index in [2.05, 4.69) is 0 Å². The minimum atomic E-state index is -0.129. The first kappa shape index (κ1) is 15.8. The third-order valence-corrected chi connectivity index (χ3v) is 4.16. The van der Waals surface area contributed by atoms with E-state index in [1.807, 2.05) is 41.3 Å². The normalized spacial score (nSPS) is 17.8. The number of morpholine rings is 1. The molecule has 1 fully saturated rings. The van der Waals surface area contributed by atoms with E-state index < -0.39 is 0 Å². The van der Waals surface area contributed by atoms with Gasteiger partial charge in [0, 0.05) is 17.1 Å². The Labute approximate surface area is 140 Å².